The minimum atomic E-state index is -0.718. The molecule has 3 rings (SSSR count). The average Bonchev–Trinajstić information content (AvgIpc) is 3.00. The number of aromatic nitrogens is 1. The number of nitrogens with one attached hydrogen (secondary N) is 1. The highest BCUT2D eigenvalue weighted by Crippen LogP contribution is 2.37. The van der Waals surface area contributed by atoms with Crippen molar-refractivity contribution in [3.63, 3.8) is 0 Å². The Morgan fingerprint density at radius 2 is 1.90 bits per heavy atom. The lowest BCUT2D eigenvalue weighted by Gasteiger charge is -2.27. The van der Waals surface area contributed by atoms with E-state index in [-0.39, 0.29) is 5.91 Å². The second-order valence-electron chi connectivity index (χ2n) is 7.80. The van der Waals surface area contributed by atoms with E-state index in [4.69, 9.17) is 9.94 Å². The molecule has 2 aromatic rings. The van der Waals surface area contributed by atoms with Crippen molar-refractivity contribution in [2.45, 2.75) is 52.2 Å². The predicted octanol–water partition coefficient (Wildman–Crippen LogP) is 2.66. The van der Waals surface area contributed by atoms with E-state index in [1.54, 1.807) is 12.4 Å². The monoisotopic (exact) mass is 397 g/mol. The number of carbonyl (C=O) groups is 2. The Morgan fingerprint density at radius 3 is 2.48 bits per heavy atom. The fraction of sp³-hybridized carbons (Fsp3) is 0.409. The van der Waals surface area contributed by atoms with Gasteiger partial charge in [-0.2, -0.15) is 0 Å². The zero-order chi connectivity index (χ0) is 21.2. The maximum Gasteiger partial charge on any atom is 0.265 e. The van der Waals surface area contributed by atoms with Gasteiger partial charge in [-0.15, -0.1) is 0 Å². The Labute approximate surface area is 170 Å². The molecule has 0 spiro atoms. The van der Waals surface area contributed by atoms with Gasteiger partial charge in [0.2, 0.25) is 5.91 Å². The third kappa shape index (κ3) is 4.24. The summed E-state index contributed by atoms with van der Waals surface area (Å²) in [6, 6.07) is 10.8. The van der Waals surface area contributed by atoms with Crippen LogP contribution in [0.4, 0.5) is 0 Å². The number of benzene rings is 1. The summed E-state index contributed by atoms with van der Waals surface area (Å²) in [6.45, 7) is 8.31. The van der Waals surface area contributed by atoms with Crippen LogP contribution >= 0.6 is 0 Å². The van der Waals surface area contributed by atoms with Crippen LogP contribution in [0.15, 0.2) is 36.4 Å². The molecule has 0 aliphatic carbocycles. The van der Waals surface area contributed by atoms with Gasteiger partial charge in [0.25, 0.3) is 5.91 Å². The summed E-state index contributed by atoms with van der Waals surface area (Å²) in [5.41, 5.74) is 4.77. The van der Waals surface area contributed by atoms with Crippen molar-refractivity contribution in [2.75, 3.05) is 6.54 Å². The van der Waals surface area contributed by atoms with Crippen molar-refractivity contribution >= 4 is 11.8 Å². The quantitative estimate of drug-likeness (QED) is 0.578. The molecule has 0 unspecified atom stereocenters. The minimum absolute atomic E-state index is 0.120. The van der Waals surface area contributed by atoms with Crippen LogP contribution in [0.5, 0.6) is 5.75 Å². The van der Waals surface area contributed by atoms with Gasteiger partial charge in [-0.3, -0.25) is 19.8 Å². The number of hydrogen-bond acceptors (Lipinski definition) is 5. The molecular weight excluding hydrogens is 370 g/mol. The number of nitrogens with zero attached hydrogens (tertiary/aromatic N) is 2. The zero-order valence-electron chi connectivity index (χ0n) is 17.2. The summed E-state index contributed by atoms with van der Waals surface area (Å²) in [5, 5.41) is 8.84. The minimum Gasteiger partial charge on any atom is -0.489 e. The lowest BCUT2D eigenvalue weighted by molar-refractivity contribution is -0.143. The first kappa shape index (κ1) is 20.8. The molecule has 2 amide bonds. The molecule has 154 valence electrons. The average molecular weight is 397 g/mol. The van der Waals surface area contributed by atoms with E-state index in [1.165, 1.54) is 4.90 Å². The van der Waals surface area contributed by atoms with E-state index in [0.717, 1.165) is 28.3 Å². The van der Waals surface area contributed by atoms with Gasteiger partial charge in [0, 0.05) is 17.9 Å². The predicted molar refractivity (Wildman–Crippen MR) is 108 cm³/mol. The number of ether oxygens (including phenoxy) is 1. The molecule has 1 aromatic heterocycles. The highest BCUT2D eigenvalue weighted by atomic mass is 16.5. The van der Waals surface area contributed by atoms with Crippen LogP contribution in [0.25, 0.3) is 0 Å². The lowest BCUT2D eigenvalue weighted by atomic mass is 9.81. The Kier molecular flexibility index (Phi) is 5.88. The number of pyridine rings is 1. The Bertz CT molecular complexity index is 893. The maximum atomic E-state index is 13.0. The van der Waals surface area contributed by atoms with E-state index in [1.807, 2.05) is 57.2 Å². The van der Waals surface area contributed by atoms with E-state index in [0.29, 0.717) is 19.6 Å². The Balaban J connectivity index is 1.69. The van der Waals surface area contributed by atoms with Crippen molar-refractivity contribution < 1.29 is 19.5 Å². The first-order valence-corrected chi connectivity index (χ1v) is 9.67. The van der Waals surface area contributed by atoms with Crippen molar-refractivity contribution in [1.29, 1.82) is 0 Å². The molecule has 2 heterocycles. The SMILES string of the molecule is Cc1cc(COc2ccc([C@]3(C)CCN([C@H](C)C(=O)NO)C3=O)cc2)cc(C)n1. The molecular formula is C22H27N3O4. The summed E-state index contributed by atoms with van der Waals surface area (Å²) in [5.74, 6) is 0.0118. The molecule has 7 heteroatoms. The van der Waals surface area contributed by atoms with Crippen LogP contribution in [-0.2, 0) is 21.6 Å². The van der Waals surface area contributed by atoms with Crippen LogP contribution in [0, 0.1) is 13.8 Å². The second-order valence-corrected chi connectivity index (χ2v) is 7.80. The van der Waals surface area contributed by atoms with Gasteiger partial charge in [0.1, 0.15) is 18.4 Å². The van der Waals surface area contributed by atoms with Gasteiger partial charge in [-0.1, -0.05) is 12.1 Å². The number of hydroxylamine groups is 1. The molecule has 0 bridgehead atoms. The van der Waals surface area contributed by atoms with Crippen LogP contribution in [0.1, 0.15) is 42.8 Å². The molecule has 1 saturated heterocycles. The van der Waals surface area contributed by atoms with Gasteiger partial charge in [-0.25, -0.2) is 5.48 Å². The topological polar surface area (TPSA) is 91.8 Å². The molecule has 1 aromatic carbocycles. The van der Waals surface area contributed by atoms with Crippen LogP contribution in [0.3, 0.4) is 0 Å². The molecule has 29 heavy (non-hydrogen) atoms. The van der Waals surface area contributed by atoms with E-state index >= 15 is 0 Å². The summed E-state index contributed by atoms with van der Waals surface area (Å²) in [7, 11) is 0. The number of amides is 2. The standard InChI is InChI=1S/C22H27N3O4/c1-14-11-17(12-15(2)23-14)13-29-19-7-5-18(6-8-19)22(4)9-10-25(21(22)27)16(3)20(26)24-28/h5-8,11-12,16,28H,9-10,13H2,1-4H3,(H,24,26)/t16-,22+/m1/s1. The van der Waals surface area contributed by atoms with Crippen molar-refractivity contribution in [3.8, 4) is 5.75 Å². The largest absolute Gasteiger partial charge is 0.489 e. The van der Waals surface area contributed by atoms with E-state index in [2.05, 4.69) is 4.98 Å². The molecule has 7 nitrogen and oxygen atoms in total. The van der Waals surface area contributed by atoms with E-state index in [9.17, 15) is 9.59 Å². The van der Waals surface area contributed by atoms with Crippen LogP contribution in [0.2, 0.25) is 0 Å². The normalized spacial score (nSPS) is 19.9. The fourth-order valence-electron chi connectivity index (χ4n) is 3.83. The summed E-state index contributed by atoms with van der Waals surface area (Å²) in [6.07, 6.45) is 0.602. The zero-order valence-corrected chi connectivity index (χ0v) is 17.2. The van der Waals surface area contributed by atoms with E-state index < -0.39 is 17.4 Å². The third-order valence-corrected chi connectivity index (χ3v) is 5.58. The molecule has 0 radical (unpaired) electrons. The molecule has 2 atom stereocenters. The number of hydrogen-bond donors (Lipinski definition) is 2. The highest BCUT2D eigenvalue weighted by Gasteiger charge is 2.46. The molecule has 2 N–H and O–H groups in total. The van der Waals surface area contributed by atoms with Crippen LogP contribution in [-0.4, -0.2) is 39.5 Å². The summed E-state index contributed by atoms with van der Waals surface area (Å²) >= 11 is 0. The number of rotatable bonds is 6. The maximum absolute atomic E-state index is 13.0. The molecule has 1 aliphatic heterocycles. The summed E-state index contributed by atoms with van der Waals surface area (Å²) in [4.78, 5) is 30.5. The molecule has 0 saturated carbocycles. The van der Waals surface area contributed by atoms with Gasteiger partial charge in [0.05, 0.1) is 5.41 Å². The third-order valence-electron chi connectivity index (χ3n) is 5.58. The molecule has 1 fully saturated rings. The number of likely N-dealkylation sites (tertiary alicyclic amines) is 1. The summed E-state index contributed by atoms with van der Waals surface area (Å²) < 4.78 is 5.88. The van der Waals surface area contributed by atoms with Crippen molar-refractivity contribution in [1.82, 2.24) is 15.4 Å². The first-order valence-electron chi connectivity index (χ1n) is 9.67. The van der Waals surface area contributed by atoms with Crippen molar-refractivity contribution in [2.24, 2.45) is 0 Å². The Hall–Kier alpha value is -2.93. The number of carbonyl (C=O) groups excluding carboxylic acids is 2. The fourth-order valence-corrected chi connectivity index (χ4v) is 3.83. The van der Waals surface area contributed by atoms with Gasteiger partial charge < -0.3 is 9.64 Å². The van der Waals surface area contributed by atoms with Crippen molar-refractivity contribution in [3.05, 3.63) is 58.9 Å². The first-order chi connectivity index (χ1) is 13.7. The van der Waals surface area contributed by atoms with Gasteiger partial charge in [0.15, 0.2) is 0 Å². The second kappa shape index (κ2) is 8.21. The molecule has 1 aliphatic rings. The van der Waals surface area contributed by atoms with Gasteiger partial charge in [-0.05, 0) is 69.5 Å². The van der Waals surface area contributed by atoms with Gasteiger partial charge >= 0.3 is 0 Å². The van der Waals surface area contributed by atoms with Crippen LogP contribution < -0.4 is 10.2 Å². The number of aryl methyl sites for hydroxylation is 2. The lowest BCUT2D eigenvalue weighted by Crippen LogP contribution is -2.47. The Morgan fingerprint density at radius 1 is 1.28 bits per heavy atom. The smallest absolute Gasteiger partial charge is 0.265 e. The highest BCUT2D eigenvalue weighted by molar-refractivity contribution is 5.94.